The lowest BCUT2D eigenvalue weighted by Gasteiger charge is -2.35. The molecule has 1 aromatic carbocycles. The lowest BCUT2D eigenvalue weighted by atomic mass is 10.1. The second-order valence-corrected chi connectivity index (χ2v) is 8.12. The number of carbonyl (C=O) groups excluding carboxylic acids is 1. The van der Waals surface area contributed by atoms with Crippen LogP contribution in [0.3, 0.4) is 0 Å². The summed E-state index contributed by atoms with van der Waals surface area (Å²) in [6, 6.07) is 6.46. The van der Waals surface area contributed by atoms with Gasteiger partial charge in [-0.25, -0.2) is 4.79 Å². The van der Waals surface area contributed by atoms with Gasteiger partial charge in [0, 0.05) is 48.4 Å². The number of piperazine rings is 1. The van der Waals surface area contributed by atoms with Crippen LogP contribution >= 0.6 is 0 Å². The minimum atomic E-state index is -0.453. The summed E-state index contributed by atoms with van der Waals surface area (Å²) in [5.74, 6) is 0. The van der Waals surface area contributed by atoms with Gasteiger partial charge in [-0.3, -0.25) is 4.90 Å². The summed E-state index contributed by atoms with van der Waals surface area (Å²) < 4.78 is 11.2. The summed E-state index contributed by atoms with van der Waals surface area (Å²) in [5.41, 5.74) is 8.34. The van der Waals surface area contributed by atoms with Gasteiger partial charge in [0.1, 0.15) is 11.2 Å². The summed E-state index contributed by atoms with van der Waals surface area (Å²) in [6.07, 6.45) is 2.51. The molecular formula is C19H25N3O3. The lowest BCUT2D eigenvalue weighted by molar-refractivity contribution is 0.0124. The van der Waals surface area contributed by atoms with E-state index in [2.05, 4.69) is 4.90 Å². The molecule has 1 aromatic heterocycles. The zero-order chi connectivity index (χ0) is 17.8. The van der Waals surface area contributed by atoms with Crippen LogP contribution in [0, 0.1) is 0 Å². The highest BCUT2D eigenvalue weighted by Crippen LogP contribution is 2.34. The third-order valence-corrected chi connectivity index (χ3v) is 5.01. The Morgan fingerprint density at radius 3 is 2.80 bits per heavy atom. The highest BCUT2D eigenvalue weighted by atomic mass is 16.6. The number of rotatable bonds is 2. The second-order valence-electron chi connectivity index (χ2n) is 8.12. The summed E-state index contributed by atoms with van der Waals surface area (Å²) >= 11 is 0. The number of nitrogens with two attached hydrogens (primary N) is 1. The van der Waals surface area contributed by atoms with Gasteiger partial charge in [-0.05, 0) is 45.4 Å². The molecule has 0 saturated carbocycles. The molecule has 6 nitrogen and oxygen atoms in total. The van der Waals surface area contributed by atoms with E-state index >= 15 is 0 Å². The predicted molar refractivity (Wildman–Crippen MR) is 96.2 cm³/mol. The molecular weight excluding hydrogens is 318 g/mol. The zero-order valence-corrected chi connectivity index (χ0v) is 15.0. The molecule has 2 fully saturated rings. The van der Waals surface area contributed by atoms with Gasteiger partial charge < -0.3 is 19.8 Å². The molecule has 2 aliphatic rings. The second kappa shape index (κ2) is 5.66. The first-order chi connectivity index (χ1) is 11.8. The maximum atomic E-state index is 12.4. The Bertz CT molecular complexity index is 808. The van der Waals surface area contributed by atoms with Gasteiger partial charge in [-0.1, -0.05) is 0 Å². The largest absolute Gasteiger partial charge is 0.464 e. The predicted octanol–water partition coefficient (Wildman–Crippen LogP) is 3.21. The van der Waals surface area contributed by atoms with Crippen LogP contribution in [0.1, 0.15) is 32.8 Å². The molecule has 0 spiro atoms. The van der Waals surface area contributed by atoms with Gasteiger partial charge in [-0.2, -0.15) is 0 Å². The smallest absolute Gasteiger partial charge is 0.410 e. The van der Waals surface area contributed by atoms with Crippen LogP contribution in [-0.2, 0) is 11.3 Å². The van der Waals surface area contributed by atoms with Crippen molar-refractivity contribution in [1.29, 1.82) is 0 Å². The van der Waals surface area contributed by atoms with Gasteiger partial charge in [0.25, 0.3) is 0 Å². The van der Waals surface area contributed by atoms with Crippen molar-refractivity contribution in [3.8, 4) is 0 Å². The van der Waals surface area contributed by atoms with Crippen LogP contribution in [0.25, 0.3) is 11.0 Å². The Morgan fingerprint density at radius 1 is 1.32 bits per heavy atom. The minimum absolute atomic E-state index is 0.197. The molecule has 2 N–H and O–H groups in total. The van der Waals surface area contributed by atoms with Crippen LogP contribution in [0.4, 0.5) is 10.5 Å². The molecule has 0 radical (unpaired) electrons. The summed E-state index contributed by atoms with van der Waals surface area (Å²) in [4.78, 5) is 16.7. The molecule has 4 rings (SSSR count). The molecule has 2 bridgehead atoms. The molecule has 2 aliphatic heterocycles. The number of hydrogen-bond donors (Lipinski definition) is 1. The van der Waals surface area contributed by atoms with Gasteiger partial charge >= 0.3 is 6.09 Å². The number of ether oxygens (including phenoxy) is 1. The van der Waals surface area contributed by atoms with E-state index in [0.717, 1.165) is 48.3 Å². The summed E-state index contributed by atoms with van der Waals surface area (Å²) in [7, 11) is 0. The van der Waals surface area contributed by atoms with Crippen LogP contribution < -0.4 is 5.73 Å². The number of amides is 1. The van der Waals surface area contributed by atoms with Crippen molar-refractivity contribution in [2.24, 2.45) is 0 Å². The standard InChI is InChI=1S/C19H25N3O3/c1-19(2,3)25-18(23)22-11-15-8-16(22)10-21(15)9-13-7-14(20)6-12-4-5-24-17(12)13/h4-7,15-16H,8-11,20H2,1-3H3/t15-,16-/m0/s1. The summed E-state index contributed by atoms with van der Waals surface area (Å²) in [6.45, 7) is 8.09. The number of nitrogens with zero attached hydrogens (tertiary/aromatic N) is 2. The number of hydrogen-bond acceptors (Lipinski definition) is 5. The molecule has 134 valence electrons. The van der Waals surface area contributed by atoms with E-state index in [1.54, 1.807) is 6.26 Å². The normalized spacial score (nSPS) is 23.6. The van der Waals surface area contributed by atoms with Crippen molar-refractivity contribution >= 4 is 22.7 Å². The van der Waals surface area contributed by atoms with Crippen molar-refractivity contribution in [3.05, 3.63) is 30.0 Å². The van der Waals surface area contributed by atoms with Crippen LogP contribution in [-0.4, -0.2) is 46.7 Å². The molecule has 1 amide bonds. The van der Waals surface area contributed by atoms with Gasteiger partial charge in [0.15, 0.2) is 0 Å². The van der Waals surface area contributed by atoms with Gasteiger partial charge in [-0.15, -0.1) is 0 Å². The van der Waals surface area contributed by atoms with Crippen molar-refractivity contribution < 1.29 is 13.9 Å². The molecule has 2 atom stereocenters. The SMILES string of the molecule is CC(C)(C)OC(=O)N1C[C@@H]2C[C@H]1CN2Cc1cc(N)cc2ccoc12. The minimum Gasteiger partial charge on any atom is -0.464 e. The van der Waals surface area contributed by atoms with E-state index in [1.165, 1.54) is 0 Å². The number of benzene rings is 1. The average Bonchev–Trinajstić information content (AvgIpc) is 3.18. The average molecular weight is 343 g/mol. The quantitative estimate of drug-likeness (QED) is 0.848. The summed E-state index contributed by atoms with van der Waals surface area (Å²) in [5, 5.41) is 1.04. The zero-order valence-electron chi connectivity index (χ0n) is 15.0. The first kappa shape index (κ1) is 16.3. The molecule has 3 heterocycles. The van der Waals surface area contributed by atoms with E-state index in [9.17, 15) is 4.79 Å². The number of nitrogen functional groups attached to an aromatic ring is 1. The highest BCUT2D eigenvalue weighted by Gasteiger charge is 2.46. The highest BCUT2D eigenvalue weighted by molar-refractivity contribution is 5.84. The molecule has 25 heavy (non-hydrogen) atoms. The Kier molecular flexibility index (Phi) is 3.68. The maximum Gasteiger partial charge on any atom is 0.410 e. The van der Waals surface area contributed by atoms with Crippen molar-refractivity contribution in [2.45, 2.75) is 51.4 Å². The number of furan rings is 1. The van der Waals surface area contributed by atoms with E-state index in [4.69, 9.17) is 14.9 Å². The third-order valence-electron chi connectivity index (χ3n) is 5.01. The lowest BCUT2D eigenvalue weighted by Crippen LogP contribution is -2.49. The van der Waals surface area contributed by atoms with Gasteiger partial charge in [0.05, 0.1) is 6.26 Å². The van der Waals surface area contributed by atoms with Crippen molar-refractivity contribution in [2.75, 3.05) is 18.8 Å². The monoisotopic (exact) mass is 343 g/mol. The number of carbonyl (C=O) groups is 1. The van der Waals surface area contributed by atoms with Crippen LogP contribution in [0.5, 0.6) is 0 Å². The van der Waals surface area contributed by atoms with Crippen LogP contribution in [0.2, 0.25) is 0 Å². The fourth-order valence-electron chi connectivity index (χ4n) is 4.01. The Labute approximate surface area is 147 Å². The van der Waals surface area contributed by atoms with E-state index in [1.807, 2.05) is 43.9 Å². The fourth-order valence-corrected chi connectivity index (χ4v) is 4.01. The Hall–Kier alpha value is -2.21. The van der Waals surface area contributed by atoms with E-state index < -0.39 is 5.60 Å². The van der Waals surface area contributed by atoms with E-state index in [0.29, 0.717) is 6.04 Å². The van der Waals surface area contributed by atoms with Crippen molar-refractivity contribution in [3.63, 3.8) is 0 Å². The molecule has 6 heteroatoms. The fraction of sp³-hybridized carbons (Fsp3) is 0.526. The van der Waals surface area contributed by atoms with Gasteiger partial charge in [0.2, 0.25) is 0 Å². The topological polar surface area (TPSA) is 71.9 Å². The third kappa shape index (κ3) is 3.06. The van der Waals surface area contributed by atoms with Crippen LogP contribution in [0.15, 0.2) is 28.9 Å². The number of likely N-dealkylation sites (tertiary alicyclic amines) is 2. The number of anilines is 1. The number of fused-ring (bicyclic) bond motifs is 3. The first-order valence-corrected chi connectivity index (χ1v) is 8.79. The Morgan fingerprint density at radius 2 is 2.12 bits per heavy atom. The maximum absolute atomic E-state index is 12.4. The molecule has 2 saturated heterocycles. The van der Waals surface area contributed by atoms with E-state index in [-0.39, 0.29) is 12.1 Å². The molecule has 0 unspecified atom stereocenters. The molecule has 0 aliphatic carbocycles. The first-order valence-electron chi connectivity index (χ1n) is 8.79. The van der Waals surface area contributed by atoms with Crippen molar-refractivity contribution in [1.82, 2.24) is 9.80 Å². The Balaban J connectivity index is 1.46. The molecule has 2 aromatic rings.